The fourth-order valence-corrected chi connectivity index (χ4v) is 4.21. The Balaban J connectivity index is 2.49. The van der Waals surface area contributed by atoms with Crippen LogP contribution in [0.15, 0.2) is 11.4 Å². The Kier molecular flexibility index (Phi) is 4.79. The van der Waals surface area contributed by atoms with Crippen LogP contribution in [0, 0.1) is 6.92 Å². The second kappa shape index (κ2) is 6.40. The molecule has 0 aliphatic carbocycles. The molecular weight excluding hydrogens is 312 g/mol. The number of hydrogen-bond acceptors (Lipinski definition) is 6. The highest BCUT2D eigenvalue weighted by atomic mass is 32.2. The van der Waals surface area contributed by atoms with E-state index in [1.165, 1.54) is 6.33 Å². The van der Waals surface area contributed by atoms with Crippen LogP contribution in [-0.4, -0.2) is 37.4 Å². The third-order valence-corrected chi connectivity index (χ3v) is 5.41. The Labute approximate surface area is 129 Å². The van der Waals surface area contributed by atoms with Crippen LogP contribution in [0.25, 0.3) is 10.2 Å². The highest BCUT2D eigenvalue weighted by Crippen LogP contribution is 2.37. The van der Waals surface area contributed by atoms with E-state index < -0.39 is 17.2 Å². The molecule has 0 amide bonds. The normalized spacial score (nSPS) is 12.5. The molecule has 0 aliphatic rings. The van der Waals surface area contributed by atoms with Crippen molar-refractivity contribution < 1.29 is 19.8 Å². The van der Waals surface area contributed by atoms with Gasteiger partial charge in [0.05, 0.1) is 0 Å². The molecule has 0 aromatic carbocycles. The molecule has 0 spiro atoms. The predicted molar refractivity (Wildman–Crippen MR) is 81.3 cm³/mol. The van der Waals surface area contributed by atoms with Gasteiger partial charge in [0.2, 0.25) is 0 Å². The maximum atomic E-state index is 11.3. The molecule has 21 heavy (non-hydrogen) atoms. The number of aromatic carboxylic acids is 1. The lowest BCUT2D eigenvalue weighted by atomic mass is 10.2. The number of fused-ring (bicyclic) bond motifs is 1. The molecule has 0 saturated carbocycles. The zero-order valence-electron chi connectivity index (χ0n) is 11.5. The van der Waals surface area contributed by atoms with Gasteiger partial charge in [-0.1, -0.05) is 25.1 Å². The molecule has 0 bridgehead atoms. The van der Waals surface area contributed by atoms with Crippen molar-refractivity contribution in [1.82, 2.24) is 9.97 Å². The van der Waals surface area contributed by atoms with Crippen molar-refractivity contribution in [2.75, 3.05) is 0 Å². The quantitative estimate of drug-likeness (QED) is 0.621. The number of thiophene rings is 1. The fourth-order valence-electron chi connectivity index (χ4n) is 1.96. The molecule has 2 rings (SSSR count). The number of aromatic nitrogens is 2. The number of carboxylic acids is 2. The molecule has 2 aromatic heterocycles. The van der Waals surface area contributed by atoms with E-state index >= 15 is 0 Å². The van der Waals surface area contributed by atoms with Crippen LogP contribution in [-0.2, 0) is 4.79 Å². The lowest BCUT2D eigenvalue weighted by Gasteiger charge is -2.10. The summed E-state index contributed by atoms with van der Waals surface area (Å²) >= 11 is 2.24. The van der Waals surface area contributed by atoms with Gasteiger partial charge in [-0.05, 0) is 18.9 Å². The van der Waals surface area contributed by atoms with Crippen LogP contribution in [0.5, 0.6) is 0 Å². The predicted octanol–water partition coefficient (Wildman–Crippen LogP) is 3.04. The van der Waals surface area contributed by atoms with E-state index in [9.17, 15) is 19.8 Å². The number of nitrogens with zero attached hydrogens (tertiary/aromatic N) is 2. The van der Waals surface area contributed by atoms with Crippen LogP contribution in [0.3, 0.4) is 0 Å². The molecule has 0 radical (unpaired) electrons. The lowest BCUT2D eigenvalue weighted by Crippen LogP contribution is -2.16. The summed E-state index contributed by atoms with van der Waals surface area (Å²) in [6.45, 7) is 3.62. The third-order valence-electron chi connectivity index (χ3n) is 2.97. The Morgan fingerprint density at radius 3 is 2.67 bits per heavy atom. The van der Waals surface area contributed by atoms with Gasteiger partial charge in [-0.3, -0.25) is 4.79 Å². The number of thioether (sulfide) groups is 1. The largest absolute Gasteiger partial charge is 0.480 e. The van der Waals surface area contributed by atoms with Gasteiger partial charge in [0, 0.05) is 5.39 Å². The number of hydrogen-bond donors (Lipinski definition) is 2. The van der Waals surface area contributed by atoms with Gasteiger partial charge in [-0.15, -0.1) is 11.3 Å². The van der Waals surface area contributed by atoms with E-state index in [1.807, 2.05) is 6.92 Å². The molecule has 8 heteroatoms. The number of rotatable bonds is 6. The molecule has 1 atom stereocenters. The summed E-state index contributed by atoms with van der Waals surface area (Å²) in [7, 11) is 0. The van der Waals surface area contributed by atoms with E-state index in [1.54, 1.807) is 6.92 Å². The maximum Gasteiger partial charge on any atom is 0.346 e. The Bertz CT molecular complexity index is 699. The van der Waals surface area contributed by atoms with E-state index in [4.69, 9.17) is 0 Å². The molecule has 112 valence electrons. The zero-order valence-corrected chi connectivity index (χ0v) is 13.1. The molecule has 0 aliphatic heterocycles. The van der Waals surface area contributed by atoms with Crippen LogP contribution < -0.4 is 0 Å². The van der Waals surface area contributed by atoms with Gasteiger partial charge in [-0.25, -0.2) is 14.8 Å². The minimum Gasteiger partial charge on any atom is -0.480 e. The number of carboxylic acid groups (broad SMARTS) is 2. The topological polar surface area (TPSA) is 100 Å². The van der Waals surface area contributed by atoms with Gasteiger partial charge in [0.25, 0.3) is 0 Å². The van der Waals surface area contributed by atoms with Crippen molar-refractivity contribution in [1.29, 1.82) is 0 Å². The van der Waals surface area contributed by atoms with Gasteiger partial charge in [0.1, 0.15) is 26.3 Å². The van der Waals surface area contributed by atoms with Crippen molar-refractivity contribution >= 4 is 45.3 Å². The monoisotopic (exact) mass is 326 g/mol. The van der Waals surface area contributed by atoms with Crippen LogP contribution in [0.1, 0.15) is 35.0 Å². The molecular formula is C13H14N2O4S2. The van der Waals surface area contributed by atoms with E-state index in [2.05, 4.69) is 9.97 Å². The average Bonchev–Trinajstić information content (AvgIpc) is 2.77. The van der Waals surface area contributed by atoms with Crippen LogP contribution in [0.4, 0.5) is 0 Å². The summed E-state index contributed by atoms with van der Waals surface area (Å²) in [5.74, 6) is -1.89. The molecule has 0 fully saturated rings. The van der Waals surface area contributed by atoms with Crippen molar-refractivity contribution in [3.8, 4) is 0 Å². The summed E-state index contributed by atoms with van der Waals surface area (Å²) in [5, 5.41) is 19.0. The first-order valence-corrected chi connectivity index (χ1v) is 8.02. The van der Waals surface area contributed by atoms with Gasteiger partial charge in [-0.2, -0.15) is 0 Å². The molecule has 2 aromatic rings. The first-order chi connectivity index (χ1) is 9.95. The zero-order chi connectivity index (χ0) is 15.6. The molecule has 1 unspecified atom stereocenters. The summed E-state index contributed by atoms with van der Waals surface area (Å²) in [6.07, 6.45) is 2.62. The van der Waals surface area contributed by atoms with E-state index in [0.29, 0.717) is 27.2 Å². The number of aliphatic carboxylic acids is 1. The minimum absolute atomic E-state index is 0.217. The number of carbonyl (C=O) groups is 2. The smallest absolute Gasteiger partial charge is 0.346 e. The lowest BCUT2D eigenvalue weighted by molar-refractivity contribution is -0.136. The third kappa shape index (κ3) is 3.16. The minimum atomic E-state index is -1.00. The van der Waals surface area contributed by atoms with Gasteiger partial charge in [0.15, 0.2) is 0 Å². The first-order valence-electron chi connectivity index (χ1n) is 6.32. The van der Waals surface area contributed by atoms with Crippen LogP contribution >= 0.6 is 23.1 Å². The van der Waals surface area contributed by atoms with Crippen molar-refractivity contribution in [3.05, 3.63) is 16.8 Å². The Hall–Kier alpha value is -1.67. The van der Waals surface area contributed by atoms with Crippen molar-refractivity contribution in [2.45, 2.75) is 37.0 Å². The second-order valence-corrected chi connectivity index (χ2v) is 6.64. The summed E-state index contributed by atoms with van der Waals surface area (Å²) in [6, 6.07) is 0. The summed E-state index contributed by atoms with van der Waals surface area (Å²) in [4.78, 5) is 31.5. The van der Waals surface area contributed by atoms with Crippen molar-refractivity contribution in [3.63, 3.8) is 0 Å². The Morgan fingerprint density at radius 2 is 2.10 bits per heavy atom. The number of aryl methyl sites for hydroxylation is 1. The Morgan fingerprint density at radius 1 is 1.38 bits per heavy atom. The summed E-state index contributed by atoms with van der Waals surface area (Å²) < 4.78 is 0. The van der Waals surface area contributed by atoms with Gasteiger partial charge < -0.3 is 10.2 Å². The second-order valence-electron chi connectivity index (χ2n) is 4.45. The fraction of sp³-hybridized carbons (Fsp3) is 0.385. The van der Waals surface area contributed by atoms with Gasteiger partial charge >= 0.3 is 11.9 Å². The highest BCUT2D eigenvalue weighted by Gasteiger charge is 2.23. The van der Waals surface area contributed by atoms with E-state index in [0.717, 1.165) is 29.5 Å². The van der Waals surface area contributed by atoms with E-state index in [-0.39, 0.29) is 4.88 Å². The molecule has 2 N–H and O–H groups in total. The molecule has 2 heterocycles. The maximum absolute atomic E-state index is 11.3. The first kappa shape index (κ1) is 15.7. The standard InChI is InChI=1S/C13H14N2O4S2/c1-3-4-7(12(16)17)20-10-8-6(2)9(13(18)19)21-11(8)15-5-14-10/h5,7H,3-4H2,1-2H3,(H,16,17)(H,18,19). The summed E-state index contributed by atoms with van der Waals surface area (Å²) in [5.41, 5.74) is 0.589. The average molecular weight is 326 g/mol. The SMILES string of the molecule is CCCC(Sc1ncnc2sc(C(=O)O)c(C)c12)C(=O)O. The molecule has 6 nitrogen and oxygen atoms in total. The van der Waals surface area contributed by atoms with Crippen molar-refractivity contribution in [2.24, 2.45) is 0 Å². The molecule has 0 saturated heterocycles. The van der Waals surface area contributed by atoms with Crippen LogP contribution in [0.2, 0.25) is 0 Å². The highest BCUT2D eigenvalue weighted by molar-refractivity contribution is 8.00.